The van der Waals surface area contributed by atoms with Gasteiger partial charge in [-0.3, -0.25) is 4.98 Å². The van der Waals surface area contributed by atoms with Gasteiger partial charge in [-0.15, -0.1) is 0 Å². The van der Waals surface area contributed by atoms with E-state index in [0.717, 1.165) is 5.52 Å². The largest absolute Gasteiger partial charge is 0.507 e. The molecule has 0 radical (unpaired) electrons. The summed E-state index contributed by atoms with van der Waals surface area (Å²) in [5.74, 6) is -1.31. The number of nitrogens with zero attached hydrogens (tertiary/aromatic N) is 1. The standard InChI is InChI=1S/C9H7N.C7H6O3/c1-2-6-9-8(4-1)5-3-7-10-9;8-6-4-2-1-3-5(6)7(9)10/h1-7H;1-4,8H,(H,9,10). The summed E-state index contributed by atoms with van der Waals surface area (Å²) in [6.45, 7) is 0. The highest BCUT2D eigenvalue weighted by Crippen LogP contribution is 2.14. The van der Waals surface area contributed by atoms with Gasteiger partial charge in [0.15, 0.2) is 0 Å². The molecule has 1 heterocycles. The third-order valence-electron chi connectivity index (χ3n) is 2.65. The molecule has 0 saturated carbocycles. The van der Waals surface area contributed by atoms with Gasteiger partial charge in [0.05, 0.1) is 5.52 Å². The topological polar surface area (TPSA) is 70.4 Å². The van der Waals surface area contributed by atoms with Crippen LogP contribution in [0.1, 0.15) is 10.4 Å². The monoisotopic (exact) mass is 267 g/mol. The van der Waals surface area contributed by atoms with Crippen molar-refractivity contribution in [2.24, 2.45) is 0 Å². The summed E-state index contributed by atoms with van der Waals surface area (Å²) >= 11 is 0. The number of pyridine rings is 1. The molecule has 1 aromatic heterocycles. The lowest BCUT2D eigenvalue weighted by Crippen LogP contribution is -1.95. The SMILES string of the molecule is O=C(O)c1ccccc1O.c1ccc2ncccc2c1. The fraction of sp³-hybridized carbons (Fsp3) is 0. The van der Waals surface area contributed by atoms with Crippen molar-refractivity contribution in [2.75, 3.05) is 0 Å². The van der Waals surface area contributed by atoms with Gasteiger partial charge in [0.1, 0.15) is 11.3 Å². The zero-order chi connectivity index (χ0) is 14.4. The van der Waals surface area contributed by atoms with Crippen LogP contribution >= 0.6 is 0 Å². The van der Waals surface area contributed by atoms with Crippen LogP contribution in [0.2, 0.25) is 0 Å². The van der Waals surface area contributed by atoms with Crippen molar-refractivity contribution in [1.82, 2.24) is 4.98 Å². The number of carboxylic acid groups (broad SMARTS) is 1. The summed E-state index contributed by atoms with van der Waals surface area (Å²) in [4.78, 5) is 14.4. The predicted octanol–water partition coefficient (Wildman–Crippen LogP) is 3.33. The summed E-state index contributed by atoms with van der Waals surface area (Å²) in [7, 11) is 0. The Labute approximate surface area is 116 Å². The predicted molar refractivity (Wildman–Crippen MR) is 76.8 cm³/mol. The minimum atomic E-state index is -1.11. The molecule has 3 aromatic rings. The smallest absolute Gasteiger partial charge is 0.339 e. The maximum absolute atomic E-state index is 10.3. The lowest BCUT2D eigenvalue weighted by atomic mass is 10.2. The summed E-state index contributed by atoms with van der Waals surface area (Å²) < 4.78 is 0. The molecule has 4 nitrogen and oxygen atoms in total. The second-order valence-corrected chi connectivity index (χ2v) is 4.02. The highest BCUT2D eigenvalue weighted by molar-refractivity contribution is 5.90. The molecule has 0 saturated heterocycles. The van der Waals surface area contributed by atoms with E-state index in [4.69, 9.17) is 10.2 Å². The number of phenols is 1. The van der Waals surface area contributed by atoms with Gasteiger partial charge in [-0.25, -0.2) is 4.79 Å². The minimum Gasteiger partial charge on any atom is -0.507 e. The van der Waals surface area contributed by atoms with E-state index in [-0.39, 0.29) is 11.3 Å². The molecule has 0 aliphatic rings. The molecule has 2 aromatic carbocycles. The Hall–Kier alpha value is -2.88. The van der Waals surface area contributed by atoms with Gasteiger partial charge in [-0.1, -0.05) is 36.4 Å². The fourth-order valence-electron chi connectivity index (χ4n) is 1.67. The van der Waals surface area contributed by atoms with Crippen molar-refractivity contribution in [3.8, 4) is 5.75 Å². The number of benzene rings is 2. The molecular weight excluding hydrogens is 254 g/mol. The molecule has 0 fully saturated rings. The molecule has 0 atom stereocenters. The number of fused-ring (bicyclic) bond motifs is 1. The zero-order valence-electron chi connectivity index (χ0n) is 10.6. The minimum absolute atomic E-state index is 0.0671. The maximum Gasteiger partial charge on any atom is 0.339 e. The van der Waals surface area contributed by atoms with Crippen LogP contribution in [0, 0.1) is 0 Å². The Morgan fingerprint density at radius 3 is 2.20 bits per heavy atom. The van der Waals surface area contributed by atoms with E-state index in [1.165, 1.54) is 17.5 Å². The molecule has 0 aliphatic carbocycles. The molecular formula is C16H13NO3. The number of carboxylic acids is 1. The van der Waals surface area contributed by atoms with E-state index in [1.807, 2.05) is 30.5 Å². The van der Waals surface area contributed by atoms with Crippen molar-refractivity contribution in [2.45, 2.75) is 0 Å². The second-order valence-electron chi connectivity index (χ2n) is 4.02. The Kier molecular flexibility index (Phi) is 4.29. The Bertz CT molecular complexity index is 660. The van der Waals surface area contributed by atoms with E-state index in [9.17, 15) is 4.79 Å². The number of aromatic carboxylic acids is 1. The number of para-hydroxylation sites is 2. The van der Waals surface area contributed by atoms with Crippen molar-refractivity contribution < 1.29 is 15.0 Å². The van der Waals surface area contributed by atoms with Gasteiger partial charge in [0, 0.05) is 11.6 Å². The van der Waals surface area contributed by atoms with Crippen molar-refractivity contribution in [3.05, 3.63) is 72.4 Å². The second kappa shape index (κ2) is 6.33. The number of carbonyl (C=O) groups is 1. The molecule has 0 unspecified atom stereocenters. The van der Waals surface area contributed by atoms with E-state index in [2.05, 4.69) is 17.1 Å². The third kappa shape index (κ3) is 3.32. The lowest BCUT2D eigenvalue weighted by Gasteiger charge is -1.95. The first-order valence-corrected chi connectivity index (χ1v) is 5.99. The van der Waals surface area contributed by atoms with Gasteiger partial charge in [-0.05, 0) is 24.3 Å². The summed E-state index contributed by atoms with van der Waals surface area (Å²) in [5, 5.41) is 18.5. The van der Waals surface area contributed by atoms with Crippen LogP contribution in [0.3, 0.4) is 0 Å². The van der Waals surface area contributed by atoms with Crippen molar-refractivity contribution >= 4 is 16.9 Å². The van der Waals surface area contributed by atoms with E-state index >= 15 is 0 Å². The number of rotatable bonds is 1. The summed E-state index contributed by atoms with van der Waals surface area (Å²) in [6.07, 6.45) is 1.81. The van der Waals surface area contributed by atoms with Gasteiger partial charge >= 0.3 is 5.97 Å². The van der Waals surface area contributed by atoms with Crippen LogP contribution in [-0.4, -0.2) is 21.2 Å². The molecule has 2 N–H and O–H groups in total. The molecule has 100 valence electrons. The summed E-state index contributed by atoms with van der Waals surface area (Å²) in [6, 6.07) is 17.9. The summed E-state index contributed by atoms with van der Waals surface area (Å²) in [5.41, 5.74) is 0.993. The normalized spacial score (nSPS) is 9.60. The first-order valence-electron chi connectivity index (χ1n) is 5.99. The molecule has 0 bridgehead atoms. The fourth-order valence-corrected chi connectivity index (χ4v) is 1.67. The first kappa shape index (κ1) is 13.5. The van der Waals surface area contributed by atoms with Gasteiger partial charge < -0.3 is 10.2 Å². The van der Waals surface area contributed by atoms with Gasteiger partial charge in [-0.2, -0.15) is 0 Å². The molecule has 0 spiro atoms. The number of aromatic hydroxyl groups is 1. The van der Waals surface area contributed by atoms with Crippen LogP contribution in [0.5, 0.6) is 5.75 Å². The van der Waals surface area contributed by atoms with Crippen molar-refractivity contribution in [3.63, 3.8) is 0 Å². The van der Waals surface area contributed by atoms with E-state index < -0.39 is 5.97 Å². The molecule has 4 heteroatoms. The third-order valence-corrected chi connectivity index (χ3v) is 2.65. The highest BCUT2D eigenvalue weighted by atomic mass is 16.4. The van der Waals surface area contributed by atoms with E-state index in [0.29, 0.717) is 0 Å². The van der Waals surface area contributed by atoms with Crippen LogP contribution in [0.15, 0.2) is 66.9 Å². The zero-order valence-corrected chi connectivity index (χ0v) is 10.6. The van der Waals surface area contributed by atoms with Crippen molar-refractivity contribution in [1.29, 1.82) is 0 Å². The van der Waals surface area contributed by atoms with Crippen LogP contribution < -0.4 is 0 Å². The highest BCUT2D eigenvalue weighted by Gasteiger charge is 2.05. The Morgan fingerprint density at radius 2 is 1.55 bits per heavy atom. The van der Waals surface area contributed by atoms with Crippen LogP contribution in [0.4, 0.5) is 0 Å². The van der Waals surface area contributed by atoms with Crippen LogP contribution in [0.25, 0.3) is 10.9 Å². The quantitative estimate of drug-likeness (QED) is 0.709. The maximum atomic E-state index is 10.3. The molecule has 0 aliphatic heterocycles. The molecule has 20 heavy (non-hydrogen) atoms. The van der Waals surface area contributed by atoms with Gasteiger partial charge in [0.25, 0.3) is 0 Å². The number of aromatic nitrogens is 1. The average molecular weight is 267 g/mol. The lowest BCUT2D eigenvalue weighted by molar-refractivity contribution is 0.0694. The Balaban J connectivity index is 0.000000147. The van der Waals surface area contributed by atoms with Gasteiger partial charge in [0.2, 0.25) is 0 Å². The van der Waals surface area contributed by atoms with Crippen LogP contribution in [-0.2, 0) is 0 Å². The first-order chi connectivity index (χ1) is 9.68. The molecule has 0 amide bonds. The number of hydrogen-bond donors (Lipinski definition) is 2. The van der Waals surface area contributed by atoms with E-state index in [1.54, 1.807) is 12.1 Å². The Morgan fingerprint density at radius 1 is 0.900 bits per heavy atom. The number of hydrogen-bond acceptors (Lipinski definition) is 3. The average Bonchev–Trinajstić information content (AvgIpc) is 2.48. The molecule has 3 rings (SSSR count).